The fourth-order valence-electron chi connectivity index (χ4n) is 3.28. The number of nitrogens with two attached hydrogens (primary N) is 2. The van der Waals surface area contributed by atoms with Gasteiger partial charge in [0.2, 0.25) is 15.9 Å². The molecule has 160 valence electrons. The standard InChI is InChI=1S/C18H27N5O5S/c19-18(20)21-10-4-8-14(16(24)23-11-5-9-15(23)17(25)26)22-29(27,28)12-13-6-2-1-3-7-13/h1-3,6-7,14-15,22H,4-5,8-12H2,(H,25,26)(H4,19,20,21)/t14-,15+/m1/s1. The van der Waals surface area contributed by atoms with E-state index in [1.54, 1.807) is 30.3 Å². The van der Waals surface area contributed by atoms with Crippen molar-refractivity contribution in [2.75, 3.05) is 13.1 Å². The van der Waals surface area contributed by atoms with E-state index in [2.05, 4.69) is 9.71 Å². The molecule has 10 nitrogen and oxygen atoms in total. The molecule has 2 rings (SSSR count). The molecule has 0 bridgehead atoms. The zero-order chi connectivity index (χ0) is 21.4. The molecule has 1 aromatic rings. The minimum absolute atomic E-state index is 0.0944. The van der Waals surface area contributed by atoms with Crippen LogP contribution in [-0.2, 0) is 25.4 Å². The second-order valence-electron chi connectivity index (χ2n) is 6.89. The van der Waals surface area contributed by atoms with Crippen molar-refractivity contribution in [1.29, 1.82) is 0 Å². The highest BCUT2D eigenvalue weighted by Gasteiger charge is 2.38. The van der Waals surface area contributed by atoms with Gasteiger partial charge in [-0.15, -0.1) is 0 Å². The number of hydrogen-bond donors (Lipinski definition) is 4. The van der Waals surface area contributed by atoms with Gasteiger partial charge in [-0.05, 0) is 31.2 Å². The summed E-state index contributed by atoms with van der Waals surface area (Å²) in [6.45, 7) is 0.509. The number of guanidine groups is 1. The summed E-state index contributed by atoms with van der Waals surface area (Å²) in [5.41, 5.74) is 11.1. The average molecular weight is 426 g/mol. The van der Waals surface area contributed by atoms with Crippen molar-refractivity contribution in [3.8, 4) is 0 Å². The molecule has 1 aliphatic heterocycles. The molecule has 11 heteroatoms. The third kappa shape index (κ3) is 7.02. The molecule has 0 aromatic heterocycles. The first-order chi connectivity index (χ1) is 13.7. The third-order valence-electron chi connectivity index (χ3n) is 4.59. The van der Waals surface area contributed by atoms with Crippen LogP contribution in [0.1, 0.15) is 31.2 Å². The Balaban J connectivity index is 2.14. The number of benzene rings is 1. The predicted molar refractivity (Wildman–Crippen MR) is 108 cm³/mol. The van der Waals surface area contributed by atoms with Crippen molar-refractivity contribution < 1.29 is 23.1 Å². The first-order valence-corrected chi connectivity index (χ1v) is 11.0. The Kier molecular flexibility index (Phi) is 7.97. The van der Waals surface area contributed by atoms with Crippen molar-refractivity contribution in [2.45, 2.75) is 43.5 Å². The molecule has 1 heterocycles. The molecule has 6 N–H and O–H groups in total. The zero-order valence-electron chi connectivity index (χ0n) is 16.0. The van der Waals surface area contributed by atoms with Gasteiger partial charge in [0.25, 0.3) is 0 Å². The highest BCUT2D eigenvalue weighted by atomic mass is 32.2. The van der Waals surface area contributed by atoms with E-state index in [9.17, 15) is 23.1 Å². The average Bonchev–Trinajstić information content (AvgIpc) is 3.14. The van der Waals surface area contributed by atoms with E-state index < -0.39 is 34.0 Å². The van der Waals surface area contributed by atoms with Gasteiger partial charge in [-0.1, -0.05) is 30.3 Å². The molecule has 0 spiro atoms. The quantitative estimate of drug-likeness (QED) is 0.225. The van der Waals surface area contributed by atoms with Crippen LogP contribution in [0.15, 0.2) is 35.3 Å². The molecule has 1 amide bonds. The molecule has 2 atom stereocenters. The van der Waals surface area contributed by atoms with Crippen LogP contribution in [0, 0.1) is 0 Å². The van der Waals surface area contributed by atoms with Gasteiger partial charge >= 0.3 is 5.97 Å². The number of carboxylic acids is 1. The molecule has 0 saturated carbocycles. The molecule has 1 aromatic carbocycles. The molecule has 0 aliphatic carbocycles. The van der Waals surface area contributed by atoms with Crippen LogP contribution < -0.4 is 16.2 Å². The second kappa shape index (κ2) is 10.2. The van der Waals surface area contributed by atoms with Crippen molar-refractivity contribution in [3.63, 3.8) is 0 Å². The van der Waals surface area contributed by atoms with Gasteiger partial charge in [0.15, 0.2) is 5.96 Å². The van der Waals surface area contributed by atoms with Gasteiger partial charge in [-0.2, -0.15) is 0 Å². The van der Waals surface area contributed by atoms with Gasteiger partial charge in [0, 0.05) is 13.1 Å². The first-order valence-electron chi connectivity index (χ1n) is 9.32. The smallest absolute Gasteiger partial charge is 0.326 e. The van der Waals surface area contributed by atoms with E-state index >= 15 is 0 Å². The van der Waals surface area contributed by atoms with Crippen LogP contribution in [0.3, 0.4) is 0 Å². The van der Waals surface area contributed by atoms with E-state index in [0.717, 1.165) is 0 Å². The topological polar surface area (TPSA) is 168 Å². The molecular formula is C18H27N5O5S. The fourth-order valence-corrected chi connectivity index (χ4v) is 4.64. The summed E-state index contributed by atoms with van der Waals surface area (Å²) in [6, 6.07) is 6.55. The molecule has 29 heavy (non-hydrogen) atoms. The van der Waals surface area contributed by atoms with E-state index in [4.69, 9.17) is 11.5 Å². The summed E-state index contributed by atoms with van der Waals surface area (Å²) >= 11 is 0. The number of carbonyl (C=O) groups excluding carboxylic acids is 1. The number of hydrogen-bond acceptors (Lipinski definition) is 5. The zero-order valence-corrected chi connectivity index (χ0v) is 16.8. The number of nitrogens with zero attached hydrogens (tertiary/aromatic N) is 2. The second-order valence-corrected chi connectivity index (χ2v) is 8.65. The van der Waals surface area contributed by atoms with Crippen molar-refractivity contribution in [2.24, 2.45) is 16.5 Å². The number of amides is 1. The fraction of sp³-hybridized carbons (Fsp3) is 0.500. The lowest BCUT2D eigenvalue weighted by atomic mass is 10.1. The normalized spacial score (nSPS) is 17.7. The van der Waals surface area contributed by atoms with Crippen LogP contribution >= 0.6 is 0 Å². The van der Waals surface area contributed by atoms with E-state index in [1.165, 1.54) is 4.90 Å². The Bertz CT molecular complexity index is 839. The summed E-state index contributed by atoms with van der Waals surface area (Å²) in [6.07, 6.45) is 1.40. The first kappa shape index (κ1) is 22.6. The van der Waals surface area contributed by atoms with Crippen LogP contribution in [0.4, 0.5) is 0 Å². The summed E-state index contributed by atoms with van der Waals surface area (Å²) < 4.78 is 27.7. The molecule has 1 saturated heterocycles. The van der Waals surface area contributed by atoms with E-state index in [0.29, 0.717) is 24.8 Å². The molecule has 0 radical (unpaired) electrons. The number of aliphatic imine (C=N–C) groups is 1. The Morgan fingerprint density at radius 1 is 1.28 bits per heavy atom. The largest absolute Gasteiger partial charge is 0.480 e. The van der Waals surface area contributed by atoms with Crippen molar-refractivity contribution in [3.05, 3.63) is 35.9 Å². The maximum absolute atomic E-state index is 13.0. The number of carboxylic acid groups (broad SMARTS) is 1. The number of carbonyl (C=O) groups is 2. The summed E-state index contributed by atoms with van der Waals surface area (Å²) in [7, 11) is -3.83. The van der Waals surface area contributed by atoms with E-state index in [-0.39, 0.29) is 31.2 Å². The third-order valence-corrected chi connectivity index (χ3v) is 5.94. The molecule has 1 fully saturated rings. The Morgan fingerprint density at radius 2 is 1.97 bits per heavy atom. The molecular weight excluding hydrogens is 398 g/mol. The maximum Gasteiger partial charge on any atom is 0.326 e. The lowest BCUT2D eigenvalue weighted by Crippen LogP contribution is -2.51. The number of nitrogens with one attached hydrogen (secondary N) is 1. The van der Waals surface area contributed by atoms with E-state index in [1.807, 2.05) is 0 Å². The van der Waals surface area contributed by atoms with Gasteiger partial charge in [-0.25, -0.2) is 17.9 Å². The highest BCUT2D eigenvalue weighted by Crippen LogP contribution is 2.20. The van der Waals surface area contributed by atoms with Gasteiger partial charge < -0.3 is 21.5 Å². The molecule has 1 aliphatic rings. The van der Waals surface area contributed by atoms with Gasteiger partial charge in [-0.3, -0.25) is 9.79 Å². The monoisotopic (exact) mass is 425 g/mol. The van der Waals surface area contributed by atoms with Crippen LogP contribution in [0.2, 0.25) is 0 Å². The lowest BCUT2D eigenvalue weighted by molar-refractivity contribution is -0.148. The van der Waals surface area contributed by atoms with Crippen LogP contribution in [-0.4, -0.2) is 61.4 Å². The summed E-state index contributed by atoms with van der Waals surface area (Å²) in [4.78, 5) is 29.5. The minimum atomic E-state index is -3.83. The van der Waals surface area contributed by atoms with Crippen molar-refractivity contribution >= 4 is 27.9 Å². The van der Waals surface area contributed by atoms with Crippen LogP contribution in [0.25, 0.3) is 0 Å². The summed E-state index contributed by atoms with van der Waals surface area (Å²) in [5.74, 6) is -2.02. The van der Waals surface area contributed by atoms with Gasteiger partial charge in [0.1, 0.15) is 12.1 Å². The summed E-state index contributed by atoms with van der Waals surface area (Å²) in [5, 5.41) is 9.34. The van der Waals surface area contributed by atoms with Crippen molar-refractivity contribution in [1.82, 2.24) is 9.62 Å². The maximum atomic E-state index is 13.0. The SMILES string of the molecule is NC(N)=NCCC[C@@H](NS(=O)(=O)Cc1ccccc1)C(=O)N1CCC[C@H]1C(=O)O. The molecule has 0 unspecified atom stereocenters. The number of aliphatic carboxylic acids is 1. The predicted octanol–water partition coefficient (Wildman–Crippen LogP) is -0.396. The minimum Gasteiger partial charge on any atom is -0.480 e. The lowest BCUT2D eigenvalue weighted by Gasteiger charge is -2.27. The number of rotatable bonds is 10. The van der Waals surface area contributed by atoms with Crippen LogP contribution in [0.5, 0.6) is 0 Å². The Hall–Kier alpha value is -2.66. The Morgan fingerprint density at radius 3 is 2.59 bits per heavy atom. The number of sulfonamides is 1. The van der Waals surface area contributed by atoms with Gasteiger partial charge in [0.05, 0.1) is 5.75 Å². The number of likely N-dealkylation sites (tertiary alicyclic amines) is 1. The Labute approximate surface area is 170 Å². The highest BCUT2D eigenvalue weighted by molar-refractivity contribution is 7.88.